The number of hydrogen-bond donors (Lipinski definition) is 1. The summed E-state index contributed by atoms with van der Waals surface area (Å²) in [5, 5.41) is 9.42. The van der Waals surface area contributed by atoms with E-state index in [0.717, 1.165) is 6.08 Å². The van der Waals surface area contributed by atoms with Gasteiger partial charge in [0.15, 0.2) is 5.78 Å². The topological polar surface area (TPSA) is 63.6 Å². The molecular weight excluding hydrogens is 220 g/mol. The smallest absolute Gasteiger partial charge is 0.313 e. The SMILES string of the molecule is CCOC(=O)CC(O)=CC(=O)c1ccccc1. The Morgan fingerprint density at radius 1 is 1.29 bits per heavy atom. The molecule has 1 aromatic rings. The van der Waals surface area contributed by atoms with Gasteiger partial charge in [0.25, 0.3) is 0 Å². The van der Waals surface area contributed by atoms with Gasteiger partial charge in [0.05, 0.1) is 6.61 Å². The molecule has 1 aromatic carbocycles. The molecule has 0 aromatic heterocycles. The number of aliphatic hydroxyl groups excluding tert-OH is 1. The van der Waals surface area contributed by atoms with E-state index in [1.54, 1.807) is 37.3 Å². The lowest BCUT2D eigenvalue weighted by Crippen LogP contribution is -2.06. The summed E-state index contributed by atoms with van der Waals surface area (Å²) in [5.41, 5.74) is 0.461. The molecule has 0 atom stereocenters. The van der Waals surface area contributed by atoms with Gasteiger partial charge in [0.1, 0.15) is 12.2 Å². The van der Waals surface area contributed by atoms with Crippen molar-refractivity contribution in [3.8, 4) is 0 Å². The van der Waals surface area contributed by atoms with Gasteiger partial charge in [0, 0.05) is 11.6 Å². The van der Waals surface area contributed by atoms with Crippen LogP contribution in [0.15, 0.2) is 42.2 Å². The predicted molar refractivity (Wildman–Crippen MR) is 62.7 cm³/mol. The number of carbonyl (C=O) groups excluding carboxylic acids is 2. The van der Waals surface area contributed by atoms with Crippen LogP contribution in [0.3, 0.4) is 0 Å². The van der Waals surface area contributed by atoms with Crippen LogP contribution in [0.25, 0.3) is 0 Å². The first kappa shape index (κ1) is 13.0. The lowest BCUT2D eigenvalue weighted by molar-refractivity contribution is -0.142. The molecule has 0 aliphatic carbocycles. The van der Waals surface area contributed by atoms with Gasteiger partial charge in [0.2, 0.25) is 0 Å². The first-order chi connectivity index (χ1) is 8.13. The maximum absolute atomic E-state index is 11.6. The van der Waals surface area contributed by atoms with Gasteiger partial charge >= 0.3 is 5.97 Å². The molecule has 0 amide bonds. The third kappa shape index (κ3) is 4.51. The zero-order valence-corrected chi connectivity index (χ0v) is 9.55. The van der Waals surface area contributed by atoms with Crippen LogP contribution in [-0.2, 0) is 9.53 Å². The van der Waals surface area contributed by atoms with Gasteiger partial charge in [-0.25, -0.2) is 0 Å². The molecule has 1 rings (SSSR count). The first-order valence-electron chi connectivity index (χ1n) is 5.28. The van der Waals surface area contributed by atoms with E-state index < -0.39 is 5.97 Å². The second-order valence-corrected chi connectivity index (χ2v) is 3.35. The second-order valence-electron chi connectivity index (χ2n) is 3.35. The van der Waals surface area contributed by atoms with Crippen molar-refractivity contribution in [3.05, 3.63) is 47.7 Å². The van der Waals surface area contributed by atoms with Crippen LogP contribution >= 0.6 is 0 Å². The number of hydrogen-bond acceptors (Lipinski definition) is 4. The first-order valence-corrected chi connectivity index (χ1v) is 5.28. The van der Waals surface area contributed by atoms with E-state index in [1.165, 1.54) is 0 Å². The third-order valence-electron chi connectivity index (χ3n) is 1.99. The molecular formula is C13H14O4. The van der Waals surface area contributed by atoms with Crippen molar-refractivity contribution in [2.24, 2.45) is 0 Å². The molecule has 90 valence electrons. The molecule has 0 spiro atoms. The Kier molecular flexibility index (Phi) is 4.94. The Bertz CT molecular complexity index is 420. The molecule has 4 heteroatoms. The average molecular weight is 234 g/mol. The summed E-state index contributed by atoms with van der Waals surface area (Å²) < 4.78 is 4.65. The van der Waals surface area contributed by atoms with Crippen molar-refractivity contribution in [3.63, 3.8) is 0 Å². The number of ether oxygens (including phenoxy) is 1. The normalized spacial score (nSPS) is 11.0. The molecule has 0 heterocycles. The van der Waals surface area contributed by atoms with Crippen LogP contribution in [0.2, 0.25) is 0 Å². The van der Waals surface area contributed by atoms with Gasteiger partial charge in [-0.05, 0) is 6.92 Å². The maximum atomic E-state index is 11.6. The minimum atomic E-state index is -0.554. The highest BCUT2D eigenvalue weighted by Crippen LogP contribution is 2.05. The molecule has 0 bridgehead atoms. The number of esters is 1. The van der Waals surface area contributed by atoms with Gasteiger partial charge in [-0.15, -0.1) is 0 Å². The van der Waals surface area contributed by atoms with Gasteiger partial charge in [-0.1, -0.05) is 30.3 Å². The molecule has 0 fully saturated rings. The molecule has 4 nitrogen and oxygen atoms in total. The summed E-state index contributed by atoms with van der Waals surface area (Å²) in [5.74, 6) is -1.19. The van der Waals surface area contributed by atoms with Crippen LogP contribution in [0.1, 0.15) is 23.7 Å². The zero-order valence-electron chi connectivity index (χ0n) is 9.55. The van der Waals surface area contributed by atoms with E-state index in [-0.39, 0.29) is 24.6 Å². The summed E-state index contributed by atoms with van der Waals surface area (Å²) in [7, 11) is 0. The van der Waals surface area contributed by atoms with Crippen molar-refractivity contribution in [2.45, 2.75) is 13.3 Å². The fourth-order valence-corrected chi connectivity index (χ4v) is 1.25. The Labute approximate surface area is 99.5 Å². The molecule has 0 aliphatic rings. The van der Waals surface area contributed by atoms with Crippen LogP contribution < -0.4 is 0 Å². The van der Waals surface area contributed by atoms with Crippen molar-refractivity contribution in [2.75, 3.05) is 6.61 Å². The van der Waals surface area contributed by atoms with Crippen LogP contribution in [0.5, 0.6) is 0 Å². The Morgan fingerprint density at radius 2 is 1.94 bits per heavy atom. The van der Waals surface area contributed by atoms with E-state index >= 15 is 0 Å². The minimum Gasteiger partial charge on any atom is -0.512 e. The van der Waals surface area contributed by atoms with Crippen molar-refractivity contribution in [1.29, 1.82) is 0 Å². The summed E-state index contributed by atoms with van der Waals surface area (Å²) in [6.07, 6.45) is 0.749. The molecule has 0 radical (unpaired) electrons. The predicted octanol–water partition coefficient (Wildman–Crippen LogP) is 2.26. The maximum Gasteiger partial charge on any atom is 0.313 e. The zero-order chi connectivity index (χ0) is 12.7. The molecule has 0 saturated heterocycles. The summed E-state index contributed by atoms with van der Waals surface area (Å²) in [4.78, 5) is 22.6. The van der Waals surface area contributed by atoms with Gasteiger partial charge in [-0.2, -0.15) is 0 Å². The molecule has 1 N–H and O–H groups in total. The highest BCUT2D eigenvalue weighted by molar-refractivity contribution is 6.04. The molecule has 17 heavy (non-hydrogen) atoms. The van der Waals surface area contributed by atoms with Crippen LogP contribution in [0, 0.1) is 0 Å². The van der Waals surface area contributed by atoms with Crippen molar-refractivity contribution >= 4 is 11.8 Å². The number of ketones is 1. The average Bonchev–Trinajstić information content (AvgIpc) is 2.30. The van der Waals surface area contributed by atoms with E-state index in [9.17, 15) is 14.7 Å². The van der Waals surface area contributed by atoms with Crippen LogP contribution in [0.4, 0.5) is 0 Å². The minimum absolute atomic E-state index is 0.249. The summed E-state index contributed by atoms with van der Waals surface area (Å²) in [6, 6.07) is 8.51. The quantitative estimate of drug-likeness (QED) is 0.367. The highest BCUT2D eigenvalue weighted by Gasteiger charge is 2.08. The van der Waals surface area contributed by atoms with Gasteiger partial charge in [-0.3, -0.25) is 9.59 Å². The number of carbonyl (C=O) groups is 2. The largest absolute Gasteiger partial charge is 0.512 e. The van der Waals surface area contributed by atoms with Gasteiger partial charge < -0.3 is 9.84 Å². The highest BCUT2D eigenvalue weighted by atomic mass is 16.5. The number of rotatable bonds is 5. The summed E-state index contributed by atoms with van der Waals surface area (Å²) >= 11 is 0. The monoisotopic (exact) mass is 234 g/mol. The lowest BCUT2D eigenvalue weighted by Gasteiger charge is -2.01. The van der Waals surface area contributed by atoms with Crippen molar-refractivity contribution < 1.29 is 19.4 Å². The standard InChI is InChI=1S/C13H14O4/c1-2-17-13(16)9-11(14)8-12(15)10-6-4-3-5-7-10/h3-8,14H,2,9H2,1H3. The fourth-order valence-electron chi connectivity index (χ4n) is 1.25. The van der Waals surface area contributed by atoms with E-state index in [1.807, 2.05) is 0 Å². The van der Waals surface area contributed by atoms with Crippen LogP contribution in [-0.4, -0.2) is 23.5 Å². The Hall–Kier alpha value is -2.10. The molecule has 0 saturated carbocycles. The number of allylic oxidation sites excluding steroid dienone is 1. The lowest BCUT2D eigenvalue weighted by atomic mass is 10.1. The number of benzene rings is 1. The fraction of sp³-hybridized carbons (Fsp3) is 0.231. The van der Waals surface area contributed by atoms with E-state index in [2.05, 4.69) is 4.74 Å². The Balaban J connectivity index is 2.63. The molecule has 0 unspecified atom stereocenters. The van der Waals surface area contributed by atoms with Crippen molar-refractivity contribution in [1.82, 2.24) is 0 Å². The number of aliphatic hydroxyl groups is 1. The van der Waals surface area contributed by atoms with E-state index in [0.29, 0.717) is 5.56 Å². The third-order valence-corrected chi connectivity index (χ3v) is 1.99. The van der Waals surface area contributed by atoms with E-state index in [4.69, 9.17) is 0 Å². The Morgan fingerprint density at radius 3 is 2.53 bits per heavy atom. The molecule has 0 aliphatic heterocycles. The second kappa shape index (κ2) is 6.48. The summed E-state index contributed by atoms with van der Waals surface area (Å²) in [6.45, 7) is 1.92.